The largest absolute Gasteiger partial charge is 0.423 e. The number of carbonyl (C=O) groups is 1. The molecule has 0 aromatic carbocycles. The van der Waals surface area contributed by atoms with E-state index in [9.17, 15) is 9.59 Å². The minimum absolute atomic E-state index is 0.0164. The SMILES string of the molecule is CC(C)(C)C(=O)Cn1cc(-c2nnco2)ccc1=O. The molecule has 2 aromatic heterocycles. The van der Waals surface area contributed by atoms with E-state index in [1.807, 2.05) is 20.8 Å². The number of hydrogen-bond donors (Lipinski definition) is 0. The summed E-state index contributed by atoms with van der Waals surface area (Å²) in [5, 5.41) is 7.35. The Balaban J connectivity index is 2.34. The molecule has 0 spiro atoms. The van der Waals surface area contributed by atoms with Crippen molar-refractivity contribution >= 4 is 5.78 Å². The van der Waals surface area contributed by atoms with Crippen molar-refractivity contribution < 1.29 is 9.21 Å². The zero-order valence-electron chi connectivity index (χ0n) is 11.1. The summed E-state index contributed by atoms with van der Waals surface area (Å²) in [4.78, 5) is 23.7. The van der Waals surface area contributed by atoms with E-state index in [4.69, 9.17) is 4.42 Å². The maximum absolute atomic E-state index is 12.0. The molecule has 0 aliphatic carbocycles. The monoisotopic (exact) mass is 261 g/mol. The zero-order valence-corrected chi connectivity index (χ0v) is 11.1. The van der Waals surface area contributed by atoms with Crippen LogP contribution in [0.3, 0.4) is 0 Å². The summed E-state index contributed by atoms with van der Waals surface area (Å²) in [5.41, 5.74) is -0.111. The van der Waals surface area contributed by atoms with E-state index in [0.29, 0.717) is 11.5 Å². The van der Waals surface area contributed by atoms with Crippen molar-refractivity contribution in [3.8, 4) is 11.5 Å². The standard InChI is InChI=1S/C13H15N3O3/c1-13(2,3)10(17)7-16-6-9(4-5-11(16)18)12-15-14-8-19-12/h4-6,8H,7H2,1-3H3. The van der Waals surface area contributed by atoms with Crippen LogP contribution >= 0.6 is 0 Å². The van der Waals surface area contributed by atoms with Crippen molar-refractivity contribution in [2.24, 2.45) is 5.41 Å². The molecule has 0 unspecified atom stereocenters. The summed E-state index contributed by atoms with van der Waals surface area (Å²) in [6, 6.07) is 2.98. The number of ketones is 1. The number of Topliss-reactive ketones (excluding diaryl/α,β-unsaturated/α-hetero) is 1. The number of aromatic nitrogens is 3. The van der Waals surface area contributed by atoms with E-state index in [1.54, 1.807) is 12.3 Å². The average Bonchev–Trinajstić information content (AvgIpc) is 2.84. The normalized spacial score (nSPS) is 11.5. The highest BCUT2D eigenvalue weighted by Crippen LogP contribution is 2.17. The van der Waals surface area contributed by atoms with Gasteiger partial charge in [-0.15, -0.1) is 10.2 Å². The van der Waals surface area contributed by atoms with E-state index in [2.05, 4.69) is 10.2 Å². The first-order valence-electron chi connectivity index (χ1n) is 5.88. The molecule has 0 aliphatic heterocycles. The maximum Gasteiger partial charge on any atom is 0.250 e. The lowest BCUT2D eigenvalue weighted by Crippen LogP contribution is -2.30. The number of rotatable bonds is 3. The van der Waals surface area contributed by atoms with Crippen LogP contribution in [-0.4, -0.2) is 20.5 Å². The smallest absolute Gasteiger partial charge is 0.250 e. The molecule has 0 saturated heterocycles. The number of carbonyl (C=O) groups excluding carboxylic acids is 1. The molecular formula is C13H15N3O3. The Kier molecular flexibility index (Phi) is 3.33. The van der Waals surface area contributed by atoms with Crippen molar-refractivity contribution in [2.45, 2.75) is 27.3 Å². The van der Waals surface area contributed by atoms with Crippen molar-refractivity contribution in [2.75, 3.05) is 0 Å². The van der Waals surface area contributed by atoms with Gasteiger partial charge in [0.05, 0.1) is 12.1 Å². The highest BCUT2D eigenvalue weighted by molar-refractivity contribution is 5.83. The molecule has 0 fully saturated rings. The average molecular weight is 261 g/mol. The van der Waals surface area contributed by atoms with Crippen molar-refractivity contribution in [1.82, 2.24) is 14.8 Å². The molecule has 2 aromatic rings. The second-order valence-electron chi connectivity index (χ2n) is 5.30. The quantitative estimate of drug-likeness (QED) is 0.836. The molecular weight excluding hydrogens is 246 g/mol. The van der Waals surface area contributed by atoms with E-state index >= 15 is 0 Å². The lowest BCUT2D eigenvalue weighted by molar-refractivity contribution is -0.126. The fourth-order valence-electron chi connectivity index (χ4n) is 1.47. The van der Waals surface area contributed by atoms with Crippen molar-refractivity contribution in [1.29, 1.82) is 0 Å². The number of hydrogen-bond acceptors (Lipinski definition) is 5. The Hall–Kier alpha value is -2.24. The van der Waals surface area contributed by atoms with Gasteiger partial charge in [0.2, 0.25) is 12.3 Å². The fraction of sp³-hybridized carbons (Fsp3) is 0.385. The third-order valence-corrected chi connectivity index (χ3v) is 2.74. The Bertz CT molecular complexity index is 636. The van der Waals surface area contributed by atoms with Gasteiger partial charge in [-0.05, 0) is 6.07 Å². The summed E-state index contributed by atoms with van der Waals surface area (Å²) in [6.45, 7) is 5.50. The topological polar surface area (TPSA) is 78.0 Å². The highest BCUT2D eigenvalue weighted by Gasteiger charge is 2.21. The van der Waals surface area contributed by atoms with Crippen LogP contribution in [-0.2, 0) is 11.3 Å². The van der Waals surface area contributed by atoms with E-state index in [-0.39, 0.29) is 17.9 Å². The number of nitrogens with zero attached hydrogens (tertiary/aromatic N) is 3. The van der Waals surface area contributed by atoms with Gasteiger partial charge >= 0.3 is 0 Å². The van der Waals surface area contributed by atoms with Gasteiger partial charge in [0.25, 0.3) is 5.56 Å². The molecule has 6 nitrogen and oxygen atoms in total. The van der Waals surface area contributed by atoms with Gasteiger partial charge in [-0.3, -0.25) is 9.59 Å². The molecule has 0 bridgehead atoms. The van der Waals surface area contributed by atoms with E-state index in [1.165, 1.54) is 17.0 Å². The Morgan fingerprint density at radius 2 is 2.11 bits per heavy atom. The summed E-state index contributed by atoms with van der Waals surface area (Å²) < 4.78 is 6.42. The van der Waals surface area contributed by atoms with Crippen LogP contribution in [0, 0.1) is 5.41 Å². The third-order valence-electron chi connectivity index (χ3n) is 2.74. The third kappa shape index (κ3) is 2.96. The van der Waals surface area contributed by atoms with Crippen LogP contribution in [0.4, 0.5) is 0 Å². The zero-order chi connectivity index (χ0) is 14.0. The predicted octanol–water partition coefficient (Wildman–Crippen LogP) is 1.51. The summed E-state index contributed by atoms with van der Waals surface area (Å²) in [6.07, 6.45) is 2.77. The van der Waals surface area contributed by atoms with Crippen LogP contribution in [0.2, 0.25) is 0 Å². The summed E-state index contributed by atoms with van der Waals surface area (Å²) in [5.74, 6) is 0.300. The lowest BCUT2D eigenvalue weighted by Gasteiger charge is -2.17. The van der Waals surface area contributed by atoms with Gasteiger partial charge in [0.1, 0.15) is 0 Å². The molecule has 0 atom stereocenters. The second kappa shape index (κ2) is 4.79. The van der Waals surface area contributed by atoms with E-state index < -0.39 is 5.41 Å². The molecule has 0 aliphatic rings. The highest BCUT2D eigenvalue weighted by atomic mass is 16.4. The van der Waals surface area contributed by atoms with Crippen LogP contribution in [0.15, 0.2) is 33.9 Å². The first kappa shape index (κ1) is 13.2. The molecule has 2 heterocycles. The van der Waals surface area contributed by atoms with Gasteiger partial charge in [-0.1, -0.05) is 20.8 Å². The first-order valence-corrected chi connectivity index (χ1v) is 5.88. The van der Waals surface area contributed by atoms with Gasteiger partial charge in [-0.25, -0.2) is 0 Å². The van der Waals surface area contributed by atoms with Crippen LogP contribution < -0.4 is 5.56 Å². The molecule has 100 valence electrons. The minimum atomic E-state index is -0.486. The Labute approximate surface area is 110 Å². The molecule has 19 heavy (non-hydrogen) atoms. The summed E-state index contributed by atoms with van der Waals surface area (Å²) in [7, 11) is 0. The van der Waals surface area contributed by atoms with E-state index in [0.717, 1.165) is 0 Å². The molecule has 0 radical (unpaired) electrons. The lowest BCUT2D eigenvalue weighted by atomic mass is 9.91. The van der Waals surface area contributed by atoms with Crippen molar-refractivity contribution in [3.05, 3.63) is 35.1 Å². The molecule has 6 heteroatoms. The van der Waals surface area contributed by atoms with Crippen LogP contribution in [0.25, 0.3) is 11.5 Å². The molecule has 2 rings (SSSR count). The number of pyridine rings is 1. The van der Waals surface area contributed by atoms with Crippen molar-refractivity contribution in [3.63, 3.8) is 0 Å². The fourth-order valence-corrected chi connectivity index (χ4v) is 1.47. The Morgan fingerprint density at radius 3 is 2.68 bits per heavy atom. The van der Waals surface area contributed by atoms with Crippen LogP contribution in [0.1, 0.15) is 20.8 Å². The molecule has 0 saturated carbocycles. The van der Waals surface area contributed by atoms with Crippen LogP contribution in [0.5, 0.6) is 0 Å². The molecule has 0 amide bonds. The van der Waals surface area contributed by atoms with Gasteiger partial charge in [0.15, 0.2) is 5.78 Å². The second-order valence-corrected chi connectivity index (χ2v) is 5.30. The summed E-state index contributed by atoms with van der Waals surface area (Å²) >= 11 is 0. The maximum atomic E-state index is 12.0. The molecule has 0 N–H and O–H groups in total. The Morgan fingerprint density at radius 1 is 1.37 bits per heavy atom. The van der Waals surface area contributed by atoms with Gasteiger partial charge < -0.3 is 8.98 Å². The predicted molar refractivity (Wildman–Crippen MR) is 68.5 cm³/mol. The van der Waals surface area contributed by atoms with Gasteiger partial charge in [0, 0.05) is 17.7 Å². The minimum Gasteiger partial charge on any atom is -0.423 e. The first-order chi connectivity index (χ1) is 8.88. The van der Waals surface area contributed by atoms with Gasteiger partial charge in [-0.2, -0.15) is 0 Å².